The number of rotatable bonds is 3. The van der Waals surface area contributed by atoms with Crippen LogP contribution in [0.4, 0.5) is 5.69 Å². The molecule has 1 unspecified atom stereocenters. The van der Waals surface area contributed by atoms with Gasteiger partial charge in [0.1, 0.15) is 0 Å². The fraction of sp³-hybridized carbons (Fsp3) is 0.429. The first-order valence-electron chi connectivity index (χ1n) is 6.66. The van der Waals surface area contributed by atoms with Gasteiger partial charge in [-0.25, -0.2) is 0 Å². The second-order valence-corrected chi connectivity index (χ2v) is 4.93. The highest BCUT2D eigenvalue weighted by atomic mass is 16.5. The molecule has 0 amide bonds. The summed E-state index contributed by atoms with van der Waals surface area (Å²) >= 11 is 0. The molecule has 0 saturated heterocycles. The molecule has 0 radical (unpaired) electrons. The predicted molar refractivity (Wildman–Crippen MR) is 72.8 cm³/mol. The highest BCUT2D eigenvalue weighted by molar-refractivity contribution is 5.56. The van der Waals surface area contributed by atoms with Crippen LogP contribution in [0, 0.1) is 0 Å². The van der Waals surface area contributed by atoms with Gasteiger partial charge in [0.25, 0.3) is 0 Å². The smallest absolute Gasteiger partial charge is 0.226 e. The van der Waals surface area contributed by atoms with E-state index in [2.05, 4.69) is 39.3 Å². The first-order chi connectivity index (χ1) is 9.26. The number of nitrogens with two attached hydrogens (primary N) is 1. The Balaban J connectivity index is 1.84. The van der Waals surface area contributed by atoms with Crippen LogP contribution in [0.25, 0.3) is 0 Å². The molecule has 2 aromatic rings. The number of hydrogen-bond acceptors (Lipinski definition) is 5. The fourth-order valence-electron chi connectivity index (χ4n) is 2.54. The van der Waals surface area contributed by atoms with E-state index in [4.69, 9.17) is 10.3 Å². The largest absolute Gasteiger partial charge is 0.362 e. The molecule has 2 heterocycles. The van der Waals surface area contributed by atoms with E-state index in [0.29, 0.717) is 12.4 Å². The van der Waals surface area contributed by atoms with Crippen LogP contribution in [0.2, 0.25) is 0 Å². The molecule has 19 heavy (non-hydrogen) atoms. The molecular weight excluding hydrogens is 240 g/mol. The molecule has 0 fully saturated rings. The van der Waals surface area contributed by atoms with Gasteiger partial charge in [-0.15, -0.1) is 0 Å². The topological polar surface area (TPSA) is 68.2 Å². The number of para-hydroxylation sites is 1. The minimum absolute atomic E-state index is 0.160. The van der Waals surface area contributed by atoms with Gasteiger partial charge in [-0.2, -0.15) is 4.98 Å². The van der Waals surface area contributed by atoms with E-state index in [9.17, 15) is 0 Å². The quantitative estimate of drug-likeness (QED) is 0.904. The van der Waals surface area contributed by atoms with Crippen LogP contribution in [0.5, 0.6) is 0 Å². The average Bonchev–Trinajstić information content (AvgIpc) is 2.86. The van der Waals surface area contributed by atoms with E-state index in [1.165, 1.54) is 11.3 Å². The van der Waals surface area contributed by atoms with Gasteiger partial charge in [0.05, 0.1) is 6.54 Å². The highest BCUT2D eigenvalue weighted by Gasteiger charge is 2.22. The van der Waals surface area contributed by atoms with E-state index < -0.39 is 0 Å². The SMILES string of the molecule is CCc1nc(CN2CC(N)Cc3ccccc32)no1. The highest BCUT2D eigenvalue weighted by Crippen LogP contribution is 2.27. The molecule has 100 valence electrons. The fourth-order valence-corrected chi connectivity index (χ4v) is 2.54. The van der Waals surface area contributed by atoms with E-state index in [1.54, 1.807) is 0 Å². The molecule has 1 aliphatic rings. The molecule has 2 N–H and O–H groups in total. The maximum atomic E-state index is 6.12. The minimum atomic E-state index is 0.160. The lowest BCUT2D eigenvalue weighted by molar-refractivity contribution is 0.376. The Morgan fingerprint density at radius 1 is 1.42 bits per heavy atom. The van der Waals surface area contributed by atoms with Crippen LogP contribution in [0.15, 0.2) is 28.8 Å². The summed E-state index contributed by atoms with van der Waals surface area (Å²) in [6.45, 7) is 3.48. The van der Waals surface area contributed by atoms with Crippen molar-refractivity contribution >= 4 is 5.69 Å². The second kappa shape index (κ2) is 5.01. The van der Waals surface area contributed by atoms with Gasteiger partial charge >= 0.3 is 0 Å². The maximum Gasteiger partial charge on any atom is 0.226 e. The van der Waals surface area contributed by atoms with Crippen molar-refractivity contribution in [2.45, 2.75) is 32.4 Å². The third-order valence-corrected chi connectivity index (χ3v) is 3.41. The molecule has 0 spiro atoms. The Hall–Kier alpha value is -1.88. The van der Waals surface area contributed by atoms with Crippen LogP contribution in [-0.2, 0) is 19.4 Å². The molecule has 5 nitrogen and oxygen atoms in total. The van der Waals surface area contributed by atoms with Crippen LogP contribution in [0.1, 0.15) is 24.2 Å². The van der Waals surface area contributed by atoms with Crippen molar-refractivity contribution in [3.05, 3.63) is 41.5 Å². The lowest BCUT2D eigenvalue weighted by atomic mass is 9.98. The van der Waals surface area contributed by atoms with Crippen molar-refractivity contribution < 1.29 is 4.52 Å². The molecule has 5 heteroatoms. The molecule has 0 bridgehead atoms. The lowest BCUT2D eigenvalue weighted by Crippen LogP contribution is -2.43. The van der Waals surface area contributed by atoms with Gasteiger partial charge in [-0.3, -0.25) is 0 Å². The number of nitrogens with zero attached hydrogens (tertiary/aromatic N) is 3. The van der Waals surface area contributed by atoms with Crippen molar-refractivity contribution in [2.75, 3.05) is 11.4 Å². The number of hydrogen-bond donors (Lipinski definition) is 1. The van der Waals surface area contributed by atoms with E-state index in [-0.39, 0.29) is 6.04 Å². The molecule has 3 rings (SSSR count). The maximum absolute atomic E-state index is 6.12. The van der Waals surface area contributed by atoms with Gasteiger partial charge in [-0.05, 0) is 18.1 Å². The van der Waals surface area contributed by atoms with Crippen molar-refractivity contribution in [3.63, 3.8) is 0 Å². The van der Waals surface area contributed by atoms with Crippen LogP contribution in [0.3, 0.4) is 0 Å². The van der Waals surface area contributed by atoms with Crippen molar-refractivity contribution in [2.24, 2.45) is 5.73 Å². The first-order valence-corrected chi connectivity index (χ1v) is 6.66. The molecule has 1 aromatic heterocycles. The van der Waals surface area contributed by atoms with E-state index >= 15 is 0 Å². The first kappa shape index (κ1) is 12.2. The third-order valence-electron chi connectivity index (χ3n) is 3.41. The summed E-state index contributed by atoms with van der Waals surface area (Å²) in [6, 6.07) is 8.53. The van der Waals surface area contributed by atoms with Crippen molar-refractivity contribution in [1.29, 1.82) is 0 Å². The zero-order chi connectivity index (χ0) is 13.2. The second-order valence-electron chi connectivity index (χ2n) is 4.93. The molecular formula is C14H18N4O. The lowest BCUT2D eigenvalue weighted by Gasteiger charge is -2.33. The predicted octanol–water partition coefficient (Wildman–Crippen LogP) is 1.52. The number of benzene rings is 1. The number of aryl methyl sites for hydroxylation is 1. The minimum Gasteiger partial charge on any atom is -0.362 e. The monoisotopic (exact) mass is 258 g/mol. The van der Waals surface area contributed by atoms with Crippen molar-refractivity contribution in [3.8, 4) is 0 Å². The summed E-state index contributed by atoms with van der Waals surface area (Å²) in [5, 5.41) is 4.01. The molecule has 1 atom stereocenters. The molecule has 1 aromatic carbocycles. The summed E-state index contributed by atoms with van der Waals surface area (Å²) < 4.78 is 5.15. The molecule has 0 aliphatic carbocycles. The summed E-state index contributed by atoms with van der Waals surface area (Å²) in [5.74, 6) is 1.41. The summed E-state index contributed by atoms with van der Waals surface area (Å²) in [5.41, 5.74) is 8.64. The summed E-state index contributed by atoms with van der Waals surface area (Å²) in [6.07, 6.45) is 1.70. The Bertz CT molecular complexity index is 566. The number of anilines is 1. The van der Waals surface area contributed by atoms with E-state index in [0.717, 1.165) is 25.2 Å². The van der Waals surface area contributed by atoms with Gasteiger partial charge in [0, 0.05) is 24.7 Å². The van der Waals surface area contributed by atoms with Gasteiger partial charge in [0.15, 0.2) is 5.82 Å². The number of fused-ring (bicyclic) bond motifs is 1. The van der Waals surface area contributed by atoms with Crippen LogP contribution >= 0.6 is 0 Å². The summed E-state index contributed by atoms with van der Waals surface area (Å²) in [4.78, 5) is 6.59. The van der Waals surface area contributed by atoms with Crippen LogP contribution < -0.4 is 10.6 Å². The Morgan fingerprint density at radius 2 is 2.26 bits per heavy atom. The number of aromatic nitrogens is 2. The standard InChI is InChI=1S/C14H18N4O/c1-2-14-16-13(17-19-14)9-18-8-11(15)7-10-5-3-4-6-12(10)18/h3-6,11H,2,7-9,15H2,1H3. The third kappa shape index (κ3) is 2.46. The normalized spacial score (nSPS) is 18.4. The zero-order valence-corrected chi connectivity index (χ0v) is 11.0. The summed E-state index contributed by atoms with van der Waals surface area (Å²) in [7, 11) is 0. The van der Waals surface area contributed by atoms with Crippen molar-refractivity contribution in [1.82, 2.24) is 10.1 Å². The average molecular weight is 258 g/mol. The van der Waals surface area contributed by atoms with Crippen LogP contribution in [-0.4, -0.2) is 22.7 Å². The molecule has 0 saturated carbocycles. The van der Waals surface area contributed by atoms with E-state index in [1.807, 2.05) is 6.92 Å². The Labute approximate surface area is 112 Å². The zero-order valence-electron chi connectivity index (χ0n) is 11.0. The van der Waals surface area contributed by atoms with Gasteiger partial charge < -0.3 is 15.2 Å². The van der Waals surface area contributed by atoms with Gasteiger partial charge in [0.2, 0.25) is 5.89 Å². The molecule has 1 aliphatic heterocycles. The van der Waals surface area contributed by atoms with Gasteiger partial charge in [-0.1, -0.05) is 30.3 Å². The Kier molecular flexibility index (Phi) is 3.21. The Morgan fingerprint density at radius 3 is 3.05 bits per heavy atom.